The molecule has 1 amide bonds. The van der Waals surface area contributed by atoms with Crippen LogP contribution in [0.15, 0.2) is 24.3 Å². The summed E-state index contributed by atoms with van der Waals surface area (Å²) in [5.74, 6) is -1.97. The lowest BCUT2D eigenvalue weighted by Gasteiger charge is -2.27. The third-order valence-corrected chi connectivity index (χ3v) is 4.05. The van der Waals surface area contributed by atoms with Gasteiger partial charge in [0.25, 0.3) is 0 Å². The summed E-state index contributed by atoms with van der Waals surface area (Å²) in [4.78, 5) is 23.5. The Bertz CT molecular complexity index is 481. The molecule has 0 aliphatic heterocycles. The summed E-state index contributed by atoms with van der Waals surface area (Å²) in [6.07, 6.45) is 4.04. The lowest BCUT2D eigenvalue weighted by atomic mass is 9.78. The maximum Gasteiger partial charge on any atom is 0.307 e. The zero-order chi connectivity index (χ0) is 14.5. The summed E-state index contributed by atoms with van der Waals surface area (Å²) < 4.78 is 0. The Morgan fingerprint density at radius 2 is 1.75 bits per heavy atom. The van der Waals surface area contributed by atoms with E-state index in [0.717, 1.165) is 24.9 Å². The molecule has 1 aliphatic carbocycles. The molecule has 4 heteroatoms. The van der Waals surface area contributed by atoms with E-state index in [4.69, 9.17) is 0 Å². The third kappa shape index (κ3) is 3.38. The van der Waals surface area contributed by atoms with Crippen molar-refractivity contribution in [3.63, 3.8) is 0 Å². The van der Waals surface area contributed by atoms with E-state index in [2.05, 4.69) is 12.2 Å². The number of nitrogens with one attached hydrogen (secondary N) is 1. The van der Waals surface area contributed by atoms with Crippen molar-refractivity contribution in [3.8, 4) is 0 Å². The Labute approximate surface area is 119 Å². The lowest BCUT2D eigenvalue weighted by molar-refractivity contribution is -0.147. The maximum atomic E-state index is 12.3. The minimum Gasteiger partial charge on any atom is -0.481 e. The molecule has 0 aromatic heterocycles. The summed E-state index contributed by atoms with van der Waals surface area (Å²) in [5.41, 5.74) is 1.95. The van der Waals surface area contributed by atoms with Crippen LogP contribution >= 0.6 is 0 Å². The predicted molar refractivity (Wildman–Crippen MR) is 77.5 cm³/mol. The second kappa shape index (κ2) is 6.55. The molecule has 2 N–H and O–H groups in total. The third-order valence-electron chi connectivity index (χ3n) is 4.05. The minimum absolute atomic E-state index is 0.165. The first-order chi connectivity index (χ1) is 9.61. The van der Waals surface area contributed by atoms with Crippen molar-refractivity contribution in [1.29, 1.82) is 0 Å². The largest absolute Gasteiger partial charge is 0.481 e. The molecule has 0 heterocycles. The van der Waals surface area contributed by atoms with Crippen LogP contribution in [-0.2, 0) is 16.0 Å². The smallest absolute Gasteiger partial charge is 0.307 e. The molecule has 1 aromatic carbocycles. The number of carbonyl (C=O) groups is 2. The highest BCUT2D eigenvalue weighted by molar-refractivity contribution is 5.95. The molecule has 0 saturated heterocycles. The van der Waals surface area contributed by atoms with Gasteiger partial charge >= 0.3 is 5.97 Å². The van der Waals surface area contributed by atoms with Crippen molar-refractivity contribution in [2.24, 2.45) is 11.8 Å². The quantitative estimate of drug-likeness (QED) is 0.887. The van der Waals surface area contributed by atoms with Gasteiger partial charge in [0.05, 0.1) is 11.8 Å². The number of aryl methyl sites for hydroxylation is 1. The van der Waals surface area contributed by atoms with Gasteiger partial charge in [-0.05, 0) is 37.0 Å². The van der Waals surface area contributed by atoms with Gasteiger partial charge in [0, 0.05) is 5.69 Å². The van der Waals surface area contributed by atoms with E-state index in [1.165, 1.54) is 5.56 Å². The first kappa shape index (κ1) is 14.6. The number of carbonyl (C=O) groups excluding carboxylic acids is 1. The predicted octanol–water partition coefficient (Wildman–Crippen LogP) is 3.08. The van der Waals surface area contributed by atoms with Crippen LogP contribution in [0, 0.1) is 11.8 Å². The maximum absolute atomic E-state index is 12.3. The fourth-order valence-electron chi connectivity index (χ4n) is 2.80. The summed E-state index contributed by atoms with van der Waals surface area (Å²) in [7, 11) is 0. The number of carboxylic acids is 1. The molecule has 0 radical (unpaired) electrons. The van der Waals surface area contributed by atoms with Crippen LogP contribution in [0.4, 0.5) is 5.69 Å². The van der Waals surface area contributed by atoms with E-state index >= 15 is 0 Å². The number of aliphatic carboxylic acids is 1. The normalized spacial score (nSPS) is 22.2. The molecule has 0 unspecified atom stereocenters. The van der Waals surface area contributed by atoms with E-state index in [9.17, 15) is 14.7 Å². The van der Waals surface area contributed by atoms with Gasteiger partial charge in [0.2, 0.25) is 5.91 Å². The van der Waals surface area contributed by atoms with Gasteiger partial charge in [-0.25, -0.2) is 0 Å². The first-order valence-electron chi connectivity index (χ1n) is 7.24. The van der Waals surface area contributed by atoms with Crippen molar-refractivity contribution >= 4 is 17.6 Å². The van der Waals surface area contributed by atoms with Crippen LogP contribution in [-0.4, -0.2) is 17.0 Å². The number of amides is 1. The Kier molecular flexibility index (Phi) is 4.77. The molecule has 0 spiro atoms. The molecule has 1 aromatic rings. The summed E-state index contributed by atoms with van der Waals surface area (Å²) in [5, 5.41) is 12.1. The Morgan fingerprint density at radius 1 is 1.15 bits per heavy atom. The zero-order valence-electron chi connectivity index (χ0n) is 11.8. The van der Waals surface area contributed by atoms with Crippen LogP contribution in [0.25, 0.3) is 0 Å². The molecule has 2 rings (SSSR count). The molecular formula is C16H21NO3. The number of anilines is 1. The Morgan fingerprint density at radius 3 is 2.30 bits per heavy atom. The average Bonchev–Trinajstić information content (AvgIpc) is 2.48. The monoisotopic (exact) mass is 275 g/mol. The van der Waals surface area contributed by atoms with Gasteiger partial charge in [-0.3, -0.25) is 9.59 Å². The molecule has 1 saturated carbocycles. The van der Waals surface area contributed by atoms with Gasteiger partial charge in [0.15, 0.2) is 0 Å². The number of hydrogen-bond acceptors (Lipinski definition) is 2. The average molecular weight is 275 g/mol. The number of rotatable bonds is 4. The highest BCUT2D eigenvalue weighted by Crippen LogP contribution is 2.31. The summed E-state index contributed by atoms with van der Waals surface area (Å²) in [6, 6.07) is 7.70. The molecule has 4 nitrogen and oxygen atoms in total. The van der Waals surface area contributed by atoms with Crippen molar-refractivity contribution < 1.29 is 14.7 Å². The van der Waals surface area contributed by atoms with Crippen molar-refractivity contribution in [2.75, 3.05) is 5.32 Å². The highest BCUT2D eigenvalue weighted by Gasteiger charge is 2.35. The first-order valence-corrected chi connectivity index (χ1v) is 7.24. The van der Waals surface area contributed by atoms with Crippen molar-refractivity contribution in [3.05, 3.63) is 29.8 Å². The van der Waals surface area contributed by atoms with Crippen LogP contribution in [0.2, 0.25) is 0 Å². The molecule has 0 bridgehead atoms. The molecule has 108 valence electrons. The highest BCUT2D eigenvalue weighted by atomic mass is 16.4. The van der Waals surface area contributed by atoms with Crippen molar-refractivity contribution in [1.82, 2.24) is 0 Å². The fraction of sp³-hybridized carbons (Fsp3) is 0.500. The minimum atomic E-state index is -0.855. The Hall–Kier alpha value is -1.84. The van der Waals surface area contributed by atoms with Gasteiger partial charge < -0.3 is 10.4 Å². The van der Waals surface area contributed by atoms with Gasteiger partial charge in [0.1, 0.15) is 0 Å². The van der Waals surface area contributed by atoms with Crippen LogP contribution in [0.3, 0.4) is 0 Å². The fourth-order valence-corrected chi connectivity index (χ4v) is 2.80. The van der Waals surface area contributed by atoms with E-state index < -0.39 is 17.8 Å². The standard InChI is InChI=1S/C16H21NO3/c1-2-11-7-9-12(10-8-11)17-15(18)13-5-3-4-6-14(13)16(19)20/h7-10,13-14H,2-6H2,1H3,(H,17,18)(H,19,20)/t13-,14-/m1/s1. The van der Waals surface area contributed by atoms with Gasteiger partial charge in [-0.2, -0.15) is 0 Å². The molecule has 20 heavy (non-hydrogen) atoms. The Balaban J connectivity index is 2.03. The molecule has 1 aliphatic rings. The second-order valence-electron chi connectivity index (χ2n) is 5.38. The topological polar surface area (TPSA) is 66.4 Å². The molecule has 2 atom stereocenters. The van der Waals surface area contributed by atoms with E-state index in [1.807, 2.05) is 24.3 Å². The van der Waals surface area contributed by atoms with Crippen molar-refractivity contribution in [2.45, 2.75) is 39.0 Å². The SMILES string of the molecule is CCc1ccc(NC(=O)[C@@H]2CCCC[C@H]2C(=O)O)cc1. The summed E-state index contributed by atoms with van der Waals surface area (Å²) >= 11 is 0. The number of hydrogen-bond donors (Lipinski definition) is 2. The number of carboxylic acid groups (broad SMARTS) is 1. The zero-order valence-corrected chi connectivity index (χ0v) is 11.8. The summed E-state index contributed by atoms with van der Waals surface area (Å²) in [6.45, 7) is 2.08. The van der Waals surface area contributed by atoms with Crippen LogP contribution in [0.1, 0.15) is 38.2 Å². The van der Waals surface area contributed by atoms with Crippen LogP contribution in [0.5, 0.6) is 0 Å². The van der Waals surface area contributed by atoms with E-state index in [-0.39, 0.29) is 5.91 Å². The number of benzene rings is 1. The van der Waals surface area contributed by atoms with Gasteiger partial charge in [-0.15, -0.1) is 0 Å². The van der Waals surface area contributed by atoms with E-state index in [0.29, 0.717) is 12.8 Å². The van der Waals surface area contributed by atoms with Gasteiger partial charge in [-0.1, -0.05) is 31.9 Å². The second-order valence-corrected chi connectivity index (χ2v) is 5.38. The lowest BCUT2D eigenvalue weighted by Crippen LogP contribution is -2.36. The molecule has 1 fully saturated rings. The van der Waals surface area contributed by atoms with E-state index in [1.54, 1.807) is 0 Å². The molecular weight excluding hydrogens is 254 g/mol. The van der Waals surface area contributed by atoms with Crippen LogP contribution < -0.4 is 5.32 Å².